The van der Waals surface area contributed by atoms with Crippen molar-refractivity contribution in [3.8, 4) is 0 Å². The maximum absolute atomic E-state index is 13.9. The van der Waals surface area contributed by atoms with Gasteiger partial charge in [-0.2, -0.15) is 0 Å². The number of nitrogens with zero attached hydrogens (tertiary/aromatic N) is 2. The van der Waals surface area contributed by atoms with Gasteiger partial charge in [0, 0.05) is 29.0 Å². The van der Waals surface area contributed by atoms with Crippen LogP contribution < -0.4 is 14.9 Å². The Hall–Kier alpha value is -2.98. The highest BCUT2D eigenvalue weighted by Gasteiger charge is 2.52. The molecule has 206 valence electrons. The zero-order chi connectivity index (χ0) is 27.8. The Labute approximate surface area is 236 Å². The molecule has 0 amide bonds. The van der Waals surface area contributed by atoms with E-state index < -0.39 is 21.7 Å². The number of aliphatic imine (C=N–C) groups is 1. The summed E-state index contributed by atoms with van der Waals surface area (Å²) < 4.78 is 54.7. The molecule has 3 unspecified atom stereocenters. The predicted molar refractivity (Wildman–Crippen MR) is 154 cm³/mol. The van der Waals surface area contributed by atoms with Gasteiger partial charge in [0.15, 0.2) is 17.6 Å². The number of halogens is 3. The van der Waals surface area contributed by atoms with Crippen molar-refractivity contribution in [1.29, 1.82) is 0 Å². The highest BCUT2D eigenvalue weighted by Crippen LogP contribution is 2.48. The van der Waals surface area contributed by atoms with Crippen molar-refractivity contribution in [3.05, 3.63) is 99.5 Å². The molecule has 5 rings (SSSR count). The molecule has 1 heterocycles. The van der Waals surface area contributed by atoms with E-state index in [2.05, 4.69) is 26.6 Å². The maximum atomic E-state index is 13.9. The van der Waals surface area contributed by atoms with Gasteiger partial charge in [-0.25, -0.2) is 22.2 Å². The first kappa shape index (κ1) is 27.6. The number of benzene rings is 3. The summed E-state index contributed by atoms with van der Waals surface area (Å²) in [7, 11) is -3.27. The van der Waals surface area contributed by atoms with E-state index in [9.17, 15) is 17.2 Å². The molecular formula is C29H31BrF2N4O2S. The monoisotopic (exact) mass is 616 g/mol. The van der Waals surface area contributed by atoms with Gasteiger partial charge in [-0.1, -0.05) is 60.1 Å². The molecular weight excluding hydrogens is 586 g/mol. The molecule has 10 heteroatoms. The molecule has 2 aliphatic rings. The predicted octanol–water partition coefficient (Wildman–Crippen LogP) is 5.48. The molecule has 2 fully saturated rings. The summed E-state index contributed by atoms with van der Waals surface area (Å²) in [4.78, 5) is 4.78. The number of hydrogen-bond acceptors (Lipinski definition) is 3. The van der Waals surface area contributed by atoms with Crippen molar-refractivity contribution < 1.29 is 17.2 Å². The van der Waals surface area contributed by atoms with Crippen LogP contribution in [-0.2, 0) is 28.5 Å². The number of nitrogens with one attached hydrogen (secondary N) is 2. The SMILES string of the molecule is CC1CN(c2ccc(CN=C(NCc3ccc(Br)cc3)NC3CC3(C)c3ccc(F)c(F)c3)cc2)S(=O)(=O)C1. The lowest BCUT2D eigenvalue weighted by Crippen LogP contribution is -2.40. The minimum Gasteiger partial charge on any atom is -0.353 e. The second-order valence-corrected chi connectivity index (χ2v) is 13.5. The quantitative estimate of drug-likeness (QED) is 0.272. The summed E-state index contributed by atoms with van der Waals surface area (Å²) in [5.41, 5.74) is 3.09. The van der Waals surface area contributed by atoms with E-state index in [1.807, 2.05) is 62.4 Å². The molecule has 39 heavy (non-hydrogen) atoms. The van der Waals surface area contributed by atoms with Crippen molar-refractivity contribution >= 4 is 37.6 Å². The standard InChI is InChI=1S/C29H31BrF2N4O2S/c1-19-17-36(39(37,38)18-19)24-10-5-21(6-11-24)16-34-28(33-15-20-3-8-23(30)9-4-20)35-27-14-29(27,2)22-7-12-25(31)26(32)13-22/h3-13,19,27H,14-18H2,1-2H3,(H2,33,34,35). The molecule has 3 atom stereocenters. The summed E-state index contributed by atoms with van der Waals surface area (Å²) >= 11 is 3.45. The number of rotatable bonds is 7. The first-order chi connectivity index (χ1) is 18.5. The topological polar surface area (TPSA) is 73.8 Å². The van der Waals surface area contributed by atoms with Gasteiger partial charge in [0.25, 0.3) is 0 Å². The fourth-order valence-electron chi connectivity index (χ4n) is 4.95. The van der Waals surface area contributed by atoms with Gasteiger partial charge in [0.2, 0.25) is 10.0 Å². The van der Waals surface area contributed by atoms with Crippen LogP contribution in [0, 0.1) is 17.6 Å². The average molecular weight is 618 g/mol. The summed E-state index contributed by atoms with van der Waals surface area (Å²) in [5.74, 6) is -0.823. The van der Waals surface area contributed by atoms with Gasteiger partial charge in [0.05, 0.1) is 18.0 Å². The lowest BCUT2D eigenvalue weighted by atomic mass is 9.97. The van der Waals surface area contributed by atoms with Gasteiger partial charge in [-0.15, -0.1) is 0 Å². The van der Waals surface area contributed by atoms with Crippen molar-refractivity contribution in [2.45, 2.75) is 44.8 Å². The zero-order valence-electron chi connectivity index (χ0n) is 21.8. The van der Waals surface area contributed by atoms with E-state index in [0.717, 1.165) is 27.6 Å². The molecule has 0 radical (unpaired) electrons. The fourth-order valence-corrected chi connectivity index (χ4v) is 7.15. The maximum Gasteiger partial charge on any atom is 0.235 e. The van der Waals surface area contributed by atoms with Crippen LogP contribution in [0.15, 0.2) is 76.2 Å². The number of hydrogen-bond donors (Lipinski definition) is 2. The van der Waals surface area contributed by atoms with Gasteiger partial charge >= 0.3 is 0 Å². The van der Waals surface area contributed by atoms with Crippen LogP contribution in [0.2, 0.25) is 0 Å². The van der Waals surface area contributed by atoms with Crippen LogP contribution in [0.5, 0.6) is 0 Å². The Morgan fingerprint density at radius 1 is 1.05 bits per heavy atom. The summed E-state index contributed by atoms with van der Waals surface area (Å²) in [6, 6.07) is 19.5. The van der Waals surface area contributed by atoms with Gasteiger partial charge < -0.3 is 10.6 Å². The van der Waals surface area contributed by atoms with Crippen LogP contribution in [-0.4, -0.2) is 32.7 Å². The summed E-state index contributed by atoms with van der Waals surface area (Å²) in [6.07, 6.45) is 0.758. The van der Waals surface area contributed by atoms with E-state index in [1.54, 1.807) is 6.07 Å². The Balaban J connectivity index is 1.30. The van der Waals surface area contributed by atoms with E-state index >= 15 is 0 Å². The normalized spacial score (nSPS) is 24.0. The highest BCUT2D eigenvalue weighted by molar-refractivity contribution is 9.10. The highest BCUT2D eigenvalue weighted by atomic mass is 79.9. The smallest absolute Gasteiger partial charge is 0.235 e. The molecule has 1 aliphatic heterocycles. The minimum absolute atomic E-state index is 0.00303. The minimum atomic E-state index is -3.27. The van der Waals surface area contributed by atoms with Crippen LogP contribution in [0.4, 0.5) is 14.5 Å². The number of sulfonamides is 1. The van der Waals surface area contributed by atoms with E-state index in [-0.39, 0.29) is 23.1 Å². The Morgan fingerprint density at radius 2 is 1.74 bits per heavy atom. The van der Waals surface area contributed by atoms with E-state index in [4.69, 9.17) is 4.99 Å². The fraction of sp³-hybridized carbons (Fsp3) is 0.345. The molecule has 1 aliphatic carbocycles. The largest absolute Gasteiger partial charge is 0.353 e. The molecule has 0 spiro atoms. The van der Waals surface area contributed by atoms with E-state index in [1.165, 1.54) is 16.4 Å². The van der Waals surface area contributed by atoms with Crippen molar-refractivity contribution in [2.75, 3.05) is 16.6 Å². The Kier molecular flexibility index (Phi) is 7.70. The summed E-state index contributed by atoms with van der Waals surface area (Å²) in [5, 5.41) is 6.84. The molecule has 0 aromatic heterocycles. The lowest BCUT2D eigenvalue weighted by molar-refractivity contribution is 0.504. The molecule has 1 saturated heterocycles. The third-order valence-electron chi connectivity index (χ3n) is 7.45. The van der Waals surface area contributed by atoms with Crippen LogP contribution in [0.1, 0.15) is 37.0 Å². The summed E-state index contributed by atoms with van der Waals surface area (Å²) in [6.45, 7) is 5.39. The molecule has 0 bridgehead atoms. The second kappa shape index (κ2) is 10.9. The third-order valence-corrected chi connectivity index (χ3v) is 10.0. The van der Waals surface area contributed by atoms with Gasteiger partial charge in [-0.3, -0.25) is 4.31 Å². The van der Waals surface area contributed by atoms with Crippen molar-refractivity contribution in [3.63, 3.8) is 0 Å². The molecule has 2 N–H and O–H groups in total. The van der Waals surface area contributed by atoms with Crippen LogP contribution >= 0.6 is 15.9 Å². The third kappa shape index (κ3) is 6.27. The first-order valence-corrected chi connectivity index (χ1v) is 15.3. The zero-order valence-corrected chi connectivity index (χ0v) is 24.2. The average Bonchev–Trinajstić information content (AvgIpc) is 3.47. The van der Waals surface area contributed by atoms with Gasteiger partial charge in [-0.05, 0) is 65.4 Å². The second-order valence-electron chi connectivity index (χ2n) is 10.7. The Morgan fingerprint density at radius 3 is 2.38 bits per heavy atom. The van der Waals surface area contributed by atoms with Crippen LogP contribution in [0.25, 0.3) is 0 Å². The van der Waals surface area contributed by atoms with Crippen molar-refractivity contribution in [1.82, 2.24) is 10.6 Å². The number of anilines is 1. The molecule has 3 aromatic rings. The molecule has 6 nitrogen and oxygen atoms in total. The van der Waals surface area contributed by atoms with Crippen LogP contribution in [0.3, 0.4) is 0 Å². The van der Waals surface area contributed by atoms with E-state index in [0.29, 0.717) is 31.3 Å². The lowest BCUT2D eigenvalue weighted by Gasteiger charge is -2.18. The number of guanidine groups is 1. The van der Waals surface area contributed by atoms with Gasteiger partial charge in [0.1, 0.15) is 0 Å². The molecule has 3 aromatic carbocycles. The van der Waals surface area contributed by atoms with Crippen molar-refractivity contribution in [2.24, 2.45) is 10.9 Å². The Bertz CT molecular complexity index is 1480. The molecule has 1 saturated carbocycles. The first-order valence-electron chi connectivity index (χ1n) is 12.9.